The van der Waals surface area contributed by atoms with E-state index in [1.807, 2.05) is 0 Å². The van der Waals surface area contributed by atoms with Gasteiger partial charge in [-0.1, -0.05) is 34.5 Å². The molecule has 0 atom stereocenters. The second-order valence-corrected chi connectivity index (χ2v) is 5.74. The van der Waals surface area contributed by atoms with Crippen molar-refractivity contribution < 1.29 is 4.74 Å². The molecule has 0 unspecified atom stereocenters. The number of methoxy groups -OCH3 is 1. The van der Waals surface area contributed by atoms with Crippen molar-refractivity contribution in [2.45, 2.75) is 38.3 Å². The van der Waals surface area contributed by atoms with E-state index in [1.54, 1.807) is 7.11 Å². The summed E-state index contributed by atoms with van der Waals surface area (Å²) in [5.41, 5.74) is 1.39. The Kier molecular flexibility index (Phi) is 5.51. The fourth-order valence-electron chi connectivity index (χ4n) is 2.37. The van der Waals surface area contributed by atoms with E-state index in [0.717, 1.165) is 23.7 Å². The zero-order valence-corrected chi connectivity index (χ0v) is 12.7. The predicted octanol–water partition coefficient (Wildman–Crippen LogP) is 3.83. The summed E-state index contributed by atoms with van der Waals surface area (Å²) in [6.07, 6.45) is 5.38. The zero-order valence-electron chi connectivity index (χ0n) is 11.1. The van der Waals surface area contributed by atoms with Crippen molar-refractivity contribution >= 4 is 15.9 Å². The van der Waals surface area contributed by atoms with Crippen LogP contribution in [0, 0.1) is 0 Å². The van der Waals surface area contributed by atoms with Gasteiger partial charge in [-0.15, -0.1) is 0 Å². The van der Waals surface area contributed by atoms with Gasteiger partial charge in [-0.2, -0.15) is 0 Å². The van der Waals surface area contributed by atoms with Gasteiger partial charge in [0, 0.05) is 17.9 Å². The molecule has 0 amide bonds. The van der Waals surface area contributed by atoms with E-state index in [9.17, 15) is 0 Å². The summed E-state index contributed by atoms with van der Waals surface area (Å²) in [6, 6.07) is 9.28. The highest BCUT2D eigenvalue weighted by molar-refractivity contribution is 9.09. The molecule has 1 fully saturated rings. The Labute approximate surface area is 118 Å². The Morgan fingerprint density at radius 3 is 2.50 bits per heavy atom. The van der Waals surface area contributed by atoms with Crippen molar-refractivity contribution in [3.05, 3.63) is 29.8 Å². The Morgan fingerprint density at radius 2 is 2.00 bits per heavy atom. The van der Waals surface area contributed by atoms with Crippen LogP contribution in [0.15, 0.2) is 24.3 Å². The largest absolute Gasteiger partial charge is 0.497 e. The third-order valence-electron chi connectivity index (χ3n) is 3.71. The van der Waals surface area contributed by atoms with E-state index in [1.165, 1.54) is 37.8 Å². The first-order chi connectivity index (χ1) is 8.83. The first kappa shape index (κ1) is 13.9. The average Bonchev–Trinajstić information content (AvgIpc) is 2.34. The minimum atomic E-state index is 0.811. The van der Waals surface area contributed by atoms with Gasteiger partial charge in [0.2, 0.25) is 0 Å². The Bertz CT molecular complexity index is 348. The van der Waals surface area contributed by atoms with E-state index in [-0.39, 0.29) is 0 Å². The van der Waals surface area contributed by atoms with Gasteiger partial charge in [0.15, 0.2) is 0 Å². The van der Waals surface area contributed by atoms with Crippen LogP contribution >= 0.6 is 15.9 Å². The first-order valence-electron chi connectivity index (χ1n) is 6.76. The summed E-state index contributed by atoms with van der Waals surface area (Å²) < 4.78 is 5.20. The van der Waals surface area contributed by atoms with Crippen molar-refractivity contribution in [3.63, 3.8) is 0 Å². The standard InChI is InChI=1S/C15H22BrNO/c1-18-15-8-6-13(7-9-15)12-17(11-3-10-16)14-4-2-5-14/h6-9,14H,2-5,10-12H2,1H3. The lowest BCUT2D eigenvalue weighted by molar-refractivity contribution is 0.120. The van der Waals surface area contributed by atoms with Gasteiger partial charge in [-0.3, -0.25) is 4.90 Å². The Balaban J connectivity index is 1.93. The summed E-state index contributed by atoms with van der Waals surface area (Å²) >= 11 is 3.53. The molecule has 2 nitrogen and oxygen atoms in total. The highest BCUT2D eigenvalue weighted by atomic mass is 79.9. The lowest BCUT2D eigenvalue weighted by Gasteiger charge is -2.37. The molecule has 0 aromatic heterocycles. The monoisotopic (exact) mass is 311 g/mol. The first-order valence-corrected chi connectivity index (χ1v) is 7.88. The van der Waals surface area contributed by atoms with Crippen LogP contribution in [0.1, 0.15) is 31.2 Å². The Morgan fingerprint density at radius 1 is 1.28 bits per heavy atom. The molecule has 0 N–H and O–H groups in total. The van der Waals surface area contributed by atoms with Gasteiger partial charge in [0.05, 0.1) is 7.11 Å². The molecule has 18 heavy (non-hydrogen) atoms. The van der Waals surface area contributed by atoms with Gasteiger partial charge in [-0.25, -0.2) is 0 Å². The van der Waals surface area contributed by atoms with Crippen molar-refractivity contribution in [3.8, 4) is 5.75 Å². The molecule has 0 aliphatic heterocycles. The van der Waals surface area contributed by atoms with E-state index < -0.39 is 0 Å². The van der Waals surface area contributed by atoms with Crippen LogP contribution in [0.2, 0.25) is 0 Å². The molecule has 0 heterocycles. The minimum absolute atomic E-state index is 0.811. The van der Waals surface area contributed by atoms with E-state index in [0.29, 0.717) is 0 Å². The molecule has 1 aliphatic carbocycles. The molecule has 3 heteroatoms. The third kappa shape index (κ3) is 3.72. The molecular weight excluding hydrogens is 290 g/mol. The van der Waals surface area contributed by atoms with Gasteiger partial charge in [-0.05, 0) is 43.5 Å². The molecule has 100 valence electrons. The van der Waals surface area contributed by atoms with Crippen molar-refractivity contribution in [2.75, 3.05) is 19.0 Å². The number of hydrogen-bond acceptors (Lipinski definition) is 2. The number of rotatable bonds is 7. The van der Waals surface area contributed by atoms with Crippen LogP contribution in [-0.2, 0) is 6.54 Å². The fourth-order valence-corrected chi connectivity index (χ4v) is 2.62. The second-order valence-electron chi connectivity index (χ2n) is 4.95. The number of halogens is 1. The minimum Gasteiger partial charge on any atom is -0.497 e. The molecule has 1 aromatic carbocycles. The molecule has 2 rings (SSSR count). The number of hydrogen-bond donors (Lipinski definition) is 0. The maximum atomic E-state index is 5.20. The molecule has 1 saturated carbocycles. The van der Waals surface area contributed by atoms with Crippen LogP contribution in [0.4, 0.5) is 0 Å². The summed E-state index contributed by atoms with van der Waals surface area (Å²) in [6.45, 7) is 2.27. The van der Waals surface area contributed by atoms with Gasteiger partial charge in [0.1, 0.15) is 5.75 Å². The number of alkyl halides is 1. The quantitative estimate of drug-likeness (QED) is 0.709. The van der Waals surface area contributed by atoms with Crippen LogP contribution < -0.4 is 4.74 Å². The van der Waals surface area contributed by atoms with Gasteiger partial charge < -0.3 is 4.74 Å². The van der Waals surface area contributed by atoms with Crippen LogP contribution in [0.5, 0.6) is 5.75 Å². The number of ether oxygens (including phenoxy) is 1. The third-order valence-corrected chi connectivity index (χ3v) is 4.28. The Hall–Kier alpha value is -0.540. The maximum Gasteiger partial charge on any atom is 0.118 e. The summed E-state index contributed by atoms with van der Waals surface area (Å²) in [7, 11) is 1.71. The van der Waals surface area contributed by atoms with Gasteiger partial charge in [0.25, 0.3) is 0 Å². The van der Waals surface area contributed by atoms with E-state index >= 15 is 0 Å². The summed E-state index contributed by atoms with van der Waals surface area (Å²) in [4.78, 5) is 2.63. The highest BCUT2D eigenvalue weighted by Gasteiger charge is 2.24. The normalized spacial score (nSPS) is 15.7. The van der Waals surface area contributed by atoms with Crippen LogP contribution in [0.25, 0.3) is 0 Å². The summed E-state index contributed by atoms with van der Waals surface area (Å²) in [5, 5.41) is 1.10. The molecule has 0 bridgehead atoms. The van der Waals surface area contributed by atoms with Crippen molar-refractivity contribution in [2.24, 2.45) is 0 Å². The molecular formula is C15H22BrNO. The molecule has 1 aliphatic rings. The average molecular weight is 312 g/mol. The SMILES string of the molecule is COc1ccc(CN(CCCBr)C2CCC2)cc1. The topological polar surface area (TPSA) is 12.5 Å². The summed E-state index contributed by atoms with van der Waals surface area (Å²) in [5.74, 6) is 0.939. The van der Waals surface area contributed by atoms with E-state index in [2.05, 4.69) is 45.1 Å². The molecule has 0 radical (unpaired) electrons. The predicted molar refractivity (Wildman–Crippen MR) is 79.5 cm³/mol. The smallest absolute Gasteiger partial charge is 0.118 e. The highest BCUT2D eigenvalue weighted by Crippen LogP contribution is 2.26. The zero-order chi connectivity index (χ0) is 12.8. The van der Waals surface area contributed by atoms with E-state index in [4.69, 9.17) is 4.74 Å². The fraction of sp³-hybridized carbons (Fsp3) is 0.600. The lowest BCUT2D eigenvalue weighted by Crippen LogP contribution is -2.40. The van der Waals surface area contributed by atoms with Gasteiger partial charge >= 0.3 is 0 Å². The van der Waals surface area contributed by atoms with Crippen molar-refractivity contribution in [1.29, 1.82) is 0 Å². The maximum absolute atomic E-state index is 5.20. The lowest BCUT2D eigenvalue weighted by atomic mass is 9.91. The molecule has 0 spiro atoms. The van der Waals surface area contributed by atoms with Crippen molar-refractivity contribution in [1.82, 2.24) is 4.90 Å². The second kappa shape index (κ2) is 7.15. The van der Waals surface area contributed by atoms with Crippen LogP contribution in [-0.4, -0.2) is 29.9 Å². The molecule has 0 saturated heterocycles. The molecule has 1 aromatic rings. The number of nitrogens with zero attached hydrogens (tertiary/aromatic N) is 1. The number of benzene rings is 1. The van der Waals surface area contributed by atoms with Crippen LogP contribution in [0.3, 0.4) is 0 Å².